The zero-order chi connectivity index (χ0) is 18.0. The van der Waals surface area contributed by atoms with Crippen LogP contribution in [-0.4, -0.2) is 42.9 Å². The standard InChI is InChI=1S/C18H14BrNO5/c1-20-16(21)14-7-2-11(10-15(14)17(20)22)18(23)25-9-8-24-13-5-3-12(19)4-6-13/h2-7,10H,8-9H2,1H3. The van der Waals surface area contributed by atoms with Crippen LogP contribution in [-0.2, 0) is 4.74 Å². The summed E-state index contributed by atoms with van der Waals surface area (Å²) in [4.78, 5) is 36.9. The van der Waals surface area contributed by atoms with Gasteiger partial charge in [-0.05, 0) is 42.5 Å². The number of nitrogens with zero attached hydrogens (tertiary/aromatic N) is 1. The topological polar surface area (TPSA) is 72.9 Å². The number of hydrogen-bond acceptors (Lipinski definition) is 5. The number of halogens is 1. The average Bonchev–Trinajstić information content (AvgIpc) is 2.84. The zero-order valence-electron chi connectivity index (χ0n) is 13.3. The molecule has 0 N–H and O–H groups in total. The normalized spacial score (nSPS) is 13.0. The molecule has 2 amide bonds. The molecule has 128 valence electrons. The van der Waals surface area contributed by atoms with E-state index < -0.39 is 11.9 Å². The molecule has 0 saturated heterocycles. The lowest BCUT2D eigenvalue weighted by Gasteiger charge is -2.08. The van der Waals surface area contributed by atoms with E-state index in [0.717, 1.165) is 9.37 Å². The molecule has 1 aliphatic rings. The van der Waals surface area contributed by atoms with Crippen molar-refractivity contribution in [3.63, 3.8) is 0 Å². The molecule has 2 aromatic carbocycles. The molecule has 25 heavy (non-hydrogen) atoms. The van der Waals surface area contributed by atoms with E-state index in [0.29, 0.717) is 11.3 Å². The van der Waals surface area contributed by atoms with Crippen molar-refractivity contribution in [3.8, 4) is 5.75 Å². The van der Waals surface area contributed by atoms with Gasteiger partial charge in [0.1, 0.15) is 19.0 Å². The molecule has 0 aromatic heterocycles. The minimum Gasteiger partial charge on any atom is -0.490 e. The smallest absolute Gasteiger partial charge is 0.338 e. The fraction of sp³-hybridized carbons (Fsp3) is 0.167. The predicted octanol–water partition coefficient (Wildman–Crippen LogP) is 2.91. The van der Waals surface area contributed by atoms with Crippen molar-refractivity contribution >= 4 is 33.7 Å². The summed E-state index contributed by atoms with van der Waals surface area (Å²) < 4.78 is 11.5. The van der Waals surface area contributed by atoms with E-state index in [9.17, 15) is 14.4 Å². The van der Waals surface area contributed by atoms with Crippen LogP contribution >= 0.6 is 15.9 Å². The summed E-state index contributed by atoms with van der Waals surface area (Å²) in [6.45, 7) is 0.275. The van der Waals surface area contributed by atoms with Gasteiger partial charge in [0, 0.05) is 11.5 Å². The summed E-state index contributed by atoms with van der Waals surface area (Å²) in [7, 11) is 1.40. The zero-order valence-corrected chi connectivity index (χ0v) is 14.9. The van der Waals surface area contributed by atoms with Crippen LogP contribution in [0.1, 0.15) is 31.1 Å². The van der Waals surface area contributed by atoms with E-state index >= 15 is 0 Å². The van der Waals surface area contributed by atoms with Gasteiger partial charge in [0.2, 0.25) is 0 Å². The third kappa shape index (κ3) is 3.56. The second kappa shape index (κ2) is 7.06. The molecule has 0 saturated carbocycles. The van der Waals surface area contributed by atoms with Crippen molar-refractivity contribution in [2.75, 3.05) is 20.3 Å². The predicted molar refractivity (Wildman–Crippen MR) is 92.8 cm³/mol. The summed E-state index contributed by atoms with van der Waals surface area (Å²) in [6.07, 6.45) is 0. The largest absolute Gasteiger partial charge is 0.490 e. The number of carbonyl (C=O) groups is 3. The Morgan fingerprint density at radius 1 is 1.00 bits per heavy atom. The third-order valence-corrected chi connectivity index (χ3v) is 4.25. The third-order valence-electron chi connectivity index (χ3n) is 3.72. The fourth-order valence-corrected chi connectivity index (χ4v) is 2.66. The van der Waals surface area contributed by atoms with E-state index in [4.69, 9.17) is 9.47 Å². The van der Waals surface area contributed by atoms with E-state index in [1.54, 1.807) is 12.1 Å². The van der Waals surface area contributed by atoms with Gasteiger partial charge in [0.05, 0.1) is 16.7 Å². The Hall–Kier alpha value is -2.67. The summed E-state index contributed by atoms with van der Waals surface area (Å²) in [5.74, 6) is -0.697. The molecule has 3 rings (SSSR count). The molecule has 0 fully saturated rings. The first-order valence-corrected chi connectivity index (χ1v) is 8.28. The SMILES string of the molecule is CN1C(=O)c2ccc(C(=O)OCCOc3ccc(Br)cc3)cc2C1=O. The highest BCUT2D eigenvalue weighted by atomic mass is 79.9. The highest BCUT2D eigenvalue weighted by molar-refractivity contribution is 9.10. The van der Waals surface area contributed by atoms with Crippen molar-refractivity contribution in [3.05, 3.63) is 63.6 Å². The number of hydrogen-bond donors (Lipinski definition) is 0. The van der Waals surface area contributed by atoms with Crippen LogP contribution < -0.4 is 4.74 Å². The van der Waals surface area contributed by atoms with Gasteiger partial charge < -0.3 is 9.47 Å². The minimum atomic E-state index is -0.572. The molecule has 7 heteroatoms. The molecule has 1 aliphatic heterocycles. The first-order chi connectivity index (χ1) is 12.0. The molecule has 2 aromatic rings. The lowest BCUT2D eigenvalue weighted by Crippen LogP contribution is -2.24. The van der Waals surface area contributed by atoms with Crippen molar-refractivity contribution in [1.29, 1.82) is 0 Å². The van der Waals surface area contributed by atoms with Crippen LogP contribution in [0.3, 0.4) is 0 Å². The average molecular weight is 404 g/mol. The molecule has 0 spiro atoms. The van der Waals surface area contributed by atoms with Gasteiger partial charge in [-0.2, -0.15) is 0 Å². The Bertz CT molecular complexity index is 847. The number of benzene rings is 2. The molecular weight excluding hydrogens is 390 g/mol. The summed E-state index contributed by atoms with van der Waals surface area (Å²) >= 11 is 3.33. The van der Waals surface area contributed by atoms with E-state index in [1.165, 1.54) is 25.2 Å². The second-order valence-corrected chi connectivity index (χ2v) is 6.28. The molecule has 0 atom stereocenters. The molecule has 0 unspecified atom stereocenters. The van der Waals surface area contributed by atoms with Crippen LogP contribution in [0.15, 0.2) is 46.9 Å². The number of carbonyl (C=O) groups excluding carboxylic acids is 3. The molecule has 0 radical (unpaired) electrons. The molecule has 6 nitrogen and oxygen atoms in total. The molecule has 1 heterocycles. The van der Waals surface area contributed by atoms with Crippen molar-refractivity contribution in [2.24, 2.45) is 0 Å². The monoisotopic (exact) mass is 403 g/mol. The van der Waals surface area contributed by atoms with Crippen LogP contribution in [0.2, 0.25) is 0 Å². The van der Waals surface area contributed by atoms with Gasteiger partial charge in [0.15, 0.2) is 0 Å². The highest BCUT2D eigenvalue weighted by Gasteiger charge is 2.33. The summed E-state index contributed by atoms with van der Waals surface area (Å²) in [6, 6.07) is 11.6. The summed E-state index contributed by atoms with van der Waals surface area (Å²) in [5, 5.41) is 0. The highest BCUT2D eigenvalue weighted by Crippen LogP contribution is 2.23. The number of rotatable bonds is 5. The lowest BCUT2D eigenvalue weighted by atomic mass is 10.1. The maximum Gasteiger partial charge on any atom is 0.338 e. The van der Waals surface area contributed by atoms with Crippen molar-refractivity contribution in [1.82, 2.24) is 4.90 Å². The molecule has 0 bridgehead atoms. The number of amides is 2. The lowest BCUT2D eigenvalue weighted by molar-refractivity contribution is 0.0450. The molecule has 0 aliphatic carbocycles. The van der Waals surface area contributed by atoms with Crippen LogP contribution in [0.5, 0.6) is 5.75 Å². The Kier molecular flexibility index (Phi) is 4.85. The first-order valence-electron chi connectivity index (χ1n) is 7.49. The Morgan fingerprint density at radius 3 is 2.40 bits per heavy atom. The Balaban J connectivity index is 1.56. The maximum absolute atomic E-state index is 12.1. The van der Waals surface area contributed by atoms with E-state index in [1.807, 2.05) is 12.1 Å². The van der Waals surface area contributed by atoms with Crippen molar-refractivity contribution in [2.45, 2.75) is 0 Å². The van der Waals surface area contributed by atoms with Gasteiger partial charge in [-0.25, -0.2) is 4.79 Å². The van der Waals surface area contributed by atoms with Crippen LogP contribution in [0.25, 0.3) is 0 Å². The number of fused-ring (bicyclic) bond motifs is 1. The molecular formula is C18H14BrNO5. The fourth-order valence-electron chi connectivity index (χ4n) is 2.40. The van der Waals surface area contributed by atoms with Gasteiger partial charge in [0.25, 0.3) is 11.8 Å². The number of imide groups is 1. The summed E-state index contributed by atoms with van der Waals surface area (Å²) in [5.41, 5.74) is 0.731. The maximum atomic E-state index is 12.1. The van der Waals surface area contributed by atoms with Crippen molar-refractivity contribution < 1.29 is 23.9 Å². The second-order valence-electron chi connectivity index (χ2n) is 5.37. The van der Waals surface area contributed by atoms with E-state index in [2.05, 4.69) is 15.9 Å². The Labute approximate surface area is 152 Å². The van der Waals surface area contributed by atoms with Gasteiger partial charge >= 0.3 is 5.97 Å². The van der Waals surface area contributed by atoms with Gasteiger partial charge in [-0.3, -0.25) is 14.5 Å². The van der Waals surface area contributed by atoms with Crippen LogP contribution in [0.4, 0.5) is 0 Å². The quantitative estimate of drug-likeness (QED) is 0.435. The first kappa shape index (κ1) is 17.2. The van der Waals surface area contributed by atoms with Crippen LogP contribution in [0, 0.1) is 0 Å². The minimum absolute atomic E-state index is 0.0682. The van der Waals surface area contributed by atoms with E-state index in [-0.39, 0.29) is 30.2 Å². The van der Waals surface area contributed by atoms with Gasteiger partial charge in [-0.1, -0.05) is 15.9 Å². The number of ether oxygens (including phenoxy) is 2. The Morgan fingerprint density at radius 2 is 1.68 bits per heavy atom. The van der Waals surface area contributed by atoms with Gasteiger partial charge in [-0.15, -0.1) is 0 Å². The number of esters is 1.